The number of hydrogen-bond donors (Lipinski definition) is 1. The van der Waals surface area contributed by atoms with E-state index >= 15 is 0 Å². The Morgan fingerprint density at radius 1 is 0.882 bits per heavy atom. The first kappa shape index (κ1) is 14.2. The molecule has 2 nitrogen and oxygen atoms in total. The highest BCUT2D eigenvalue weighted by Crippen LogP contribution is 2.30. The molecule has 0 fully saturated rings. The minimum atomic E-state index is 0.143. The van der Waals surface area contributed by atoms with Gasteiger partial charge in [0.05, 0.1) is 6.61 Å². The van der Waals surface area contributed by atoms with Crippen LogP contribution in [0, 0.1) is 0 Å². The molecule has 0 saturated carbocycles. The van der Waals surface area contributed by atoms with Gasteiger partial charge in [-0.25, -0.2) is 5.90 Å². The summed E-state index contributed by atoms with van der Waals surface area (Å²) >= 11 is 0. The van der Waals surface area contributed by atoms with Gasteiger partial charge in [-0.1, -0.05) is 59.7 Å². The van der Waals surface area contributed by atoms with Crippen molar-refractivity contribution in [3.8, 4) is 0 Å². The van der Waals surface area contributed by atoms with Gasteiger partial charge >= 0.3 is 0 Å². The zero-order chi connectivity index (χ0) is 13.3. The van der Waals surface area contributed by atoms with E-state index in [4.69, 9.17) is 10.7 Å². The summed E-state index contributed by atoms with van der Waals surface area (Å²) in [4.78, 5) is 4.76. The Morgan fingerprint density at radius 3 is 1.59 bits per heavy atom. The van der Waals surface area contributed by atoms with Gasteiger partial charge in [0.1, 0.15) is 0 Å². The molecule has 17 heavy (non-hydrogen) atoms. The third kappa shape index (κ3) is 3.83. The molecule has 0 unspecified atom stereocenters. The van der Waals surface area contributed by atoms with Crippen molar-refractivity contribution in [1.29, 1.82) is 0 Å². The first-order chi connectivity index (χ1) is 7.64. The van der Waals surface area contributed by atoms with Crippen LogP contribution in [-0.4, -0.2) is 0 Å². The van der Waals surface area contributed by atoms with E-state index in [2.05, 4.69) is 59.7 Å². The molecule has 1 aromatic carbocycles. The van der Waals surface area contributed by atoms with E-state index in [0.717, 1.165) is 5.56 Å². The largest absolute Gasteiger partial charge is 0.300 e. The monoisotopic (exact) mass is 235 g/mol. The van der Waals surface area contributed by atoms with E-state index in [9.17, 15) is 0 Å². The lowest BCUT2D eigenvalue weighted by atomic mass is 9.79. The van der Waals surface area contributed by atoms with Gasteiger partial charge in [-0.3, -0.25) is 4.84 Å². The number of rotatable bonds is 2. The smallest absolute Gasteiger partial charge is 0.0930 e. The average molecular weight is 235 g/mol. The summed E-state index contributed by atoms with van der Waals surface area (Å²) in [5, 5.41) is 0. The second kappa shape index (κ2) is 4.79. The van der Waals surface area contributed by atoms with Gasteiger partial charge in [-0.05, 0) is 27.5 Å². The minimum absolute atomic E-state index is 0.143. The summed E-state index contributed by atoms with van der Waals surface area (Å²) in [5.41, 5.74) is 4.09. The van der Waals surface area contributed by atoms with Crippen molar-refractivity contribution < 1.29 is 4.84 Å². The quantitative estimate of drug-likeness (QED) is 0.794. The third-order valence-electron chi connectivity index (χ3n) is 2.97. The van der Waals surface area contributed by atoms with Crippen molar-refractivity contribution in [2.24, 2.45) is 5.90 Å². The Kier molecular flexibility index (Phi) is 4.00. The Hall–Kier alpha value is -0.860. The fourth-order valence-corrected chi connectivity index (χ4v) is 1.74. The fraction of sp³-hybridized carbons (Fsp3) is 0.600. The second-order valence-corrected chi connectivity index (χ2v) is 6.73. The molecule has 0 amide bonds. The first-order valence-corrected chi connectivity index (χ1v) is 6.11. The molecule has 0 aliphatic rings. The van der Waals surface area contributed by atoms with Gasteiger partial charge in [0.25, 0.3) is 0 Å². The van der Waals surface area contributed by atoms with E-state index in [-0.39, 0.29) is 10.8 Å². The maximum absolute atomic E-state index is 5.18. The zero-order valence-electron chi connectivity index (χ0n) is 11.9. The molecule has 1 rings (SSSR count). The second-order valence-electron chi connectivity index (χ2n) is 6.73. The van der Waals surface area contributed by atoms with Gasteiger partial charge in [-0.2, -0.15) is 0 Å². The molecule has 0 radical (unpaired) electrons. The summed E-state index contributed by atoms with van der Waals surface area (Å²) in [6.07, 6.45) is 0. The molecule has 0 heterocycles. The molecule has 0 bridgehead atoms. The van der Waals surface area contributed by atoms with Crippen LogP contribution < -0.4 is 5.90 Å². The summed E-state index contributed by atoms with van der Waals surface area (Å²) in [7, 11) is 0. The van der Waals surface area contributed by atoms with Crippen LogP contribution in [0.3, 0.4) is 0 Å². The van der Waals surface area contributed by atoms with Crippen LogP contribution in [0.25, 0.3) is 0 Å². The summed E-state index contributed by atoms with van der Waals surface area (Å²) in [6.45, 7) is 13.8. The van der Waals surface area contributed by atoms with Crippen molar-refractivity contribution in [3.63, 3.8) is 0 Å². The van der Waals surface area contributed by atoms with Gasteiger partial charge < -0.3 is 0 Å². The zero-order valence-corrected chi connectivity index (χ0v) is 11.9. The minimum Gasteiger partial charge on any atom is -0.300 e. The molecule has 0 saturated heterocycles. The van der Waals surface area contributed by atoms with Crippen LogP contribution in [0.2, 0.25) is 0 Å². The molecule has 2 heteroatoms. The van der Waals surface area contributed by atoms with Gasteiger partial charge in [0.2, 0.25) is 0 Å². The predicted molar refractivity (Wildman–Crippen MR) is 72.8 cm³/mol. The third-order valence-corrected chi connectivity index (χ3v) is 2.97. The predicted octanol–water partition coefficient (Wildman–Crippen LogP) is 3.67. The molecule has 0 aromatic heterocycles. The molecule has 0 atom stereocenters. The van der Waals surface area contributed by atoms with E-state index < -0.39 is 0 Å². The SMILES string of the molecule is CC(C)(C)c1cc(CON)cc(C(C)(C)C)c1. The molecule has 0 spiro atoms. The lowest BCUT2D eigenvalue weighted by Gasteiger charge is -2.26. The fourth-order valence-electron chi connectivity index (χ4n) is 1.74. The Bertz CT molecular complexity index is 351. The van der Waals surface area contributed by atoms with Gasteiger partial charge in [-0.15, -0.1) is 0 Å². The maximum Gasteiger partial charge on any atom is 0.0930 e. The molecule has 1 aromatic rings. The van der Waals surface area contributed by atoms with E-state index in [1.54, 1.807) is 0 Å². The highest BCUT2D eigenvalue weighted by atomic mass is 16.6. The summed E-state index contributed by atoms with van der Waals surface area (Å²) in [5.74, 6) is 5.18. The standard InChI is InChI=1S/C15H25NO/c1-14(2,3)12-7-11(10-17-16)8-13(9-12)15(4,5)6/h7-9H,10,16H2,1-6H3. The normalized spacial score (nSPS) is 12.9. The van der Waals surface area contributed by atoms with Crippen molar-refractivity contribution in [2.75, 3.05) is 0 Å². The van der Waals surface area contributed by atoms with Crippen molar-refractivity contribution >= 4 is 0 Å². The highest BCUT2D eigenvalue weighted by molar-refractivity contribution is 5.37. The van der Waals surface area contributed by atoms with Crippen molar-refractivity contribution in [2.45, 2.75) is 59.0 Å². The lowest BCUT2D eigenvalue weighted by molar-refractivity contribution is 0.124. The molecular formula is C15H25NO. The van der Waals surface area contributed by atoms with E-state index in [1.807, 2.05) is 0 Å². The Labute approximate surface area is 105 Å². The molecule has 96 valence electrons. The number of nitrogens with two attached hydrogens (primary N) is 1. The van der Waals surface area contributed by atoms with E-state index in [1.165, 1.54) is 11.1 Å². The lowest BCUT2D eigenvalue weighted by Crippen LogP contribution is -2.17. The van der Waals surface area contributed by atoms with Crippen LogP contribution in [0.1, 0.15) is 58.2 Å². The summed E-state index contributed by atoms with van der Waals surface area (Å²) in [6, 6.07) is 6.66. The van der Waals surface area contributed by atoms with Crippen LogP contribution >= 0.6 is 0 Å². The van der Waals surface area contributed by atoms with Gasteiger partial charge in [0.15, 0.2) is 0 Å². The van der Waals surface area contributed by atoms with E-state index in [0.29, 0.717) is 6.61 Å². The first-order valence-electron chi connectivity index (χ1n) is 6.11. The average Bonchev–Trinajstić information content (AvgIpc) is 2.15. The molecule has 0 aliphatic heterocycles. The van der Waals surface area contributed by atoms with Crippen LogP contribution in [0.5, 0.6) is 0 Å². The number of hydrogen-bond acceptors (Lipinski definition) is 2. The highest BCUT2D eigenvalue weighted by Gasteiger charge is 2.20. The summed E-state index contributed by atoms with van der Waals surface area (Å²) < 4.78 is 0. The van der Waals surface area contributed by atoms with Crippen molar-refractivity contribution in [1.82, 2.24) is 0 Å². The Morgan fingerprint density at radius 2 is 1.29 bits per heavy atom. The molecular weight excluding hydrogens is 210 g/mol. The van der Waals surface area contributed by atoms with Crippen LogP contribution in [0.15, 0.2) is 18.2 Å². The molecule has 0 aliphatic carbocycles. The molecule has 2 N–H and O–H groups in total. The van der Waals surface area contributed by atoms with Crippen molar-refractivity contribution in [3.05, 3.63) is 34.9 Å². The van der Waals surface area contributed by atoms with Gasteiger partial charge in [0, 0.05) is 0 Å². The van der Waals surface area contributed by atoms with Crippen LogP contribution in [-0.2, 0) is 22.3 Å². The topological polar surface area (TPSA) is 35.2 Å². The Balaban J connectivity index is 3.29. The van der Waals surface area contributed by atoms with Crippen LogP contribution in [0.4, 0.5) is 0 Å². The maximum atomic E-state index is 5.18. The number of benzene rings is 1.